The first kappa shape index (κ1) is 14.3. The highest BCUT2D eigenvalue weighted by Gasteiger charge is 2.26. The Labute approximate surface area is 118 Å². The first-order valence-corrected chi connectivity index (χ1v) is 7.71. The van der Waals surface area contributed by atoms with Crippen LogP contribution < -0.4 is 10.6 Å². The smallest absolute Gasteiger partial charge is 0.266 e. The van der Waals surface area contributed by atoms with Gasteiger partial charge in [0.05, 0.1) is 5.69 Å². The first-order chi connectivity index (χ1) is 9.15. The van der Waals surface area contributed by atoms with Gasteiger partial charge >= 0.3 is 0 Å². The number of hydrogen-bond donors (Lipinski definition) is 2. The minimum atomic E-state index is 0.124. The van der Waals surface area contributed by atoms with Crippen molar-refractivity contribution in [1.29, 1.82) is 0 Å². The lowest BCUT2D eigenvalue weighted by molar-refractivity contribution is 0.0705. The van der Waals surface area contributed by atoms with Crippen LogP contribution in [0.5, 0.6) is 0 Å². The maximum absolute atomic E-state index is 12.5. The summed E-state index contributed by atoms with van der Waals surface area (Å²) in [5, 5.41) is 7.44. The molecule has 1 atom stereocenters. The van der Waals surface area contributed by atoms with Crippen LogP contribution >= 0.6 is 11.3 Å². The Morgan fingerprint density at radius 2 is 2.37 bits per heavy atom. The summed E-state index contributed by atoms with van der Waals surface area (Å²) in [6.07, 6.45) is 1.05. The fourth-order valence-electron chi connectivity index (χ4n) is 2.25. The number of carbonyl (C=O) groups excluding carboxylic acids is 1. The second-order valence-electron chi connectivity index (χ2n) is 4.77. The van der Waals surface area contributed by atoms with Crippen molar-refractivity contribution in [1.82, 2.24) is 15.2 Å². The maximum Gasteiger partial charge on any atom is 0.266 e. The van der Waals surface area contributed by atoms with Crippen molar-refractivity contribution in [2.75, 3.05) is 31.5 Å². The molecule has 106 valence electrons. The third kappa shape index (κ3) is 3.25. The molecule has 2 heterocycles. The molecule has 1 aliphatic heterocycles. The number of thiazole rings is 1. The monoisotopic (exact) mass is 282 g/mol. The molecule has 1 aromatic heterocycles. The SMILES string of the molecule is CCNc1nc(C)c(C(=O)N2CCNC(CC)C2)s1. The van der Waals surface area contributed by atoms with Crippen molar-refractivity contribution >= 4 is 22.4 Å². The molecule has 19 heavy (non-hydrogen) atoms. The number of carbonyl (C=O) groups is 1. The van der Waals surface area contributed by atoms with Crippen LogP contribution in [0.2, 0.25) is 0 Å². The quantitative estimate of drug-likeness (QED) is 0.882. The van der Waals surface area contributed by atoms with E-state index in [4.69, 9.17) is 0 Å². The van der Waals surface area contributed by atoms with Crippen LogP contribution in [-0.2, 0) is 0 Å². The van der Waals surface area contributed by atoms with Crippen molar-refractivity contribution in [2.45, 2.75) is 33.2 Å². The molecule has 0 saturated carbocycles. The zero-order valence-electron chi connectivity index (χ0n) is 11.8. The van der Waals surface area contributed by atoms with Gasteiger partial charge in [-0.25, -0.2) is 4.98 Å². The van der Waals surface area contributed by atoms with Crippen molar-refractivity contribution in [3.8, 4) is 0 Å². The lowest BCUT2D eigenvalue weighted by Gasteiger charge is -2.33. The highest BCUT2D eigenvalue weighted by atomic mass is 32.1. The van der Waals surface area contributed by atoms with Crippen LogP contribution in [0, 0.1) is 6.92 Å². The fourth-order valence-corrected chi connectivity index (χ4v) is 3.25. The van der Waals surface area contributed by atoms with Gasteiger partial charge < -0.3 is 15.5 Å². The normalized spacial score (nSPS) is 19.5. The molecule has 2 rings (SSSR count). The summed E-state index contributed by atoms with van der Waals surface area (Å²) >= 11 is 1.46. The molecular weight excluding hydrogens is 260 g/mol. The van der Waals surface area contributed by atoms with Gasteiger partial charge in [-0.2, -0.15) is 0 Å². The van der Waals surface area contributed by atoms with Crippen LogP contribution in [0.4, 0.5) is 5.13 Å². The second kappa shape index (κ2) is 6.34. The van der Waals surface area contributed by atoms with E-state index in [1.807, 2.05) is 18.7 Å². The summed E-state index contributed by atoms with van der Waals surface area (Å²) in [5.74, 6) is 0.124. The summed E-state index contributed by atoms with van der Waals surface area (Å²) in [4.78, 5) is 19.7. The van der Waals surface area contributed by atoms with E-state index in [0.29, 0.717) is 6.04 Å². The summed E-state index contributed by atoms with van der Waals surface area (Å²) < 4.78 is 0. The topological polar surface area (TPSA) is 57.3 Å². The van der Waals surface area contributed by atoms with E-state index in [2.05, 4.69) is 22.5 Å². The van der Waals surface area contributed by atoms with Crippen molar-refractivity contribution in [3.63, 3.8) is 0 Å². The number of nitrogens with zero attached hydrogens (tertiary/aromatic N) is 2. The van der Waals surface area contributed by atoms with Gasteiger partial charge in [-0.15, -0.1) is 0 Å². The summed E-state index contributed by atoms with van der Waals surface area (Å²) in [7, 11) is 0. The minimum Gasteiger partial charge on any atom is -0.362 e. The molecule has 0 aliphatic carbocycles. The van der Waals surface area contributed by atoms with Crippen molar-refractivity contribution < 1.29 is 4.79 Å². The lowest BCUT2D eigenvalue weighted by Crippen LogP contribution is -2.52. The molecule has 1 aliphatic rings. The predicted molar refractivity (Wildman–Crippen MR) is 79.0 cm³/mol. The van der Waals surface area contributed by atoms with E-state index < -0.39 is 0 Å². The Morgan fingerprint density at radius 3 is 3.05 bits per heavy atom. The van der Waals surface area contributed by atoms with Gasteiger partial charge in [0, 0.05) is 32.2 Å². The average Bonchev–Trinajstić information content (AvgIpc) is 2.79. The summed E-state index contributed by atoms with van der Waals surface area (Å²) in [5.41, 5.74) is 0.831. The van der Waals surface area contributed by atoms with Gasteiger partial charge in [-0.05, 0) is 20.3 Å². The van der Waals surface area contributed by atoms with Crippen LogP contribution in [-0.4, -0.2) is 48.0 Å². The minimum absolute atomic E-state index is 0.124. The van der Waals surface area contributed by atoms with E-state index in [9.17, 15) is 4.79 Å². The Morgan fingerprint density at radius 1 is 1.58 bits per heavy atom. The number of hydrogen-bond acceptors (Lipinski definition) is 5. The van der Waals surface area contributed by atoms with Gasteiger partial charge in [-0.3, -0.25) is 4.79 Å². The third-order valence-corrected chi connectivity index (χ3v) is 4.46. The molecule has 6 heteroatoms. The lowest BCUT2D eigenvalue weighted by atomic mass is 10.1. The summed E-state index contributed by atoms with van der Waals surface area (Å²) in [6.45, 7) is 9.36. The molecule has 1 unspecified atom stereocenters. The highest BCUT2D eigenvalue weighted by Crippen LogP contribution is 2.24. The largest absolute Gasteiger partial charge is 0.362 e. The standard InChI is InChI=1S/C13H22N4OS/c1-4-10-8-17(7-6-15-10)12(18)11-9(3)16-13(19-11)14-5-2/h10,15H,4-8H2,1-3H3,(H,14,16). The zero-order chi connectivity index (χ0) is 13.8. The van der Waals surface area contributed by atoms with Crippen LogP contribution in [0.25, 0.3) is 0 Å². The molecular formula is C13H22N4OS. The Kier molecular flexibility index (Phi) is 4.76. The van der Waals surface area contributed by atoms with Crippen molar-refractivity contribution in [3.05, 3.63) is 10.6 Å². The molecule has 1 amide bonds. The Balaban J connectivity index is 2.10. The van der Waals surface area contributed by atoms with Gasteiger partial charge in [0.25, 0.3) is 5.91 Å². The van der Waals surface area contributed by atoms with Gasteiger partial charge in [-0.1, -0.05) is 18.3 Å². The number of piperazine rings is 1. The number of amides is 1. The number of nitrogens with one attached hydrogen (secondary N) is 2. The van der Waals surface area contributed by atoms with Crippen molar-refractivity contribution in [2.24, 2.45) is 0 Å². The molecule has 5 nitrogen and oxygen atoms in total. The van der Waals surface area contributed by atoms with Gasteiger partial charge in [0.1, 0.15) is 4.88 Å². The summed E-state index contributed by atoms with van der Waals surface area (Å²) in [6, 6.07) is 0.416. The molecule has 1 fully saturated rings. The van der Waals surface area contributed by atoms with Gasteiger partial charge in [0.15, 0.2) is 5.13 Å². The molecule has 1 saturated heterocycles. The van der Waals surface area contributed by atoms with Crippen LogP contribution in [0.1, 0.15) is 35.6 Å². The van der Waals surface area contributed by atoms with E-state index in [-0.39, 0.29) is 5.91 Å². The molecule has 0 bridgehead atoms. The average molecular weight is 282 g/mol. The van der Waals surface area contributed by atoms with E-state index in [1.54, 1.807) is 0 Å². The molecule has 0 aromatic carbocycles. The zero-order valence-corrected chi connectivity index (χ0v) is 12.6. The van der Waals surface area contributed by atoms with Gasteiger partial charge in [0.2, 0.25) is 0 Å². The van der Waals surface area contributed by atoms with E-state index in [0.717, 1.165) is 48.3 Å². The Hall–Kier alpha value is -1.14. The van der Waals surface area contributed by atoms with E-state index in [1.165, 1.54) is 11.3 Å². The maximum atomic E-state index is 12.5. The fraction of sp³-hybridized carbons (Fsp3) is 0.692. The van der Waals surface area contributed by atoms with E-state index >= 15 is 0 Å². The predicted octanol–water partition coefficient (Wildman–Crippen LogP) is 1.71. The van der Waals surface area contributed by atoms with Crippen LogP contribution in [0.3, 0.4) is 0 Å². The number of rotatable bonds is 4. The molecule has 0 spiro atoms. The van der Waals surface area contributed by atoms with Crippen LogP contribution in [0.15, 0.2) is 0 Å². The number of aryl methyl sites for hydroxylation is 1. The molecule has 2 N–H and O–H groups in total. The highest BCUT2D eigenvalue weighted by molar-refractivity contribution is 7.17. The number of aromatic nitrogens is 1. The Bertz CT molecular complexity index is 446. The number of anilines is 1. The molecule has 0 radical (unpaired) electrons. The second-order valence-corrected chi connectivity index (χ2v) is 5.77. The third-order valence-electron chi connectivity index (χ3n) is 3.35. The molecule has 1 aromatic rings. The first-order valence-electron chi connectivity index (χ1n) is 6.89.